The highest BCUT2D eigenvalue weighted by molar-refractivity contribution is 6.54. The predicted octanol–water partition coefficient (Wildman–Crippen LogP) is 3.71. The van der Waals surface area contributed by atoms with Gasteiger partial charge in [0, 0.05) is 29.2 Å². The molecule has 0 aliphatic carbocycles. The number of benzene rings is 2. The number of hydrogen-bond acceptors (Lipinski definition) is 14. The van der Waals surface area contributed by atoms with Gasteiger partial charge >= 0.3 is 34.2 Å². The molecule has 0 bridgehead atoms. The minimum absolute atomic E-state index is 0.0412. The molecule has 1 aromatic heterocycles. The van der Waals surface area contributed by atoms with Crippen molar-refractivity contribution in [3.05, 3.63) is 86.8 Å². The number of halogens is 1. The number of aromatic amines is 1. The highest BCUT2D eigenvalue weighted by Crippen LogP contribution is 2.22. The van der Waals surface area contributed by atoms with Gasteiger partial charge in [0.1, 0.15) is 11.6 Å². The molecule has 2 aromatic carbocycles. The molecule has 0 atom stereocenters. The minimum Gasteiger partial charge on any atom is -0.661 e. The van der Waals surface area contributed by atoms with E-state index in [9.17, 15) is 39.4 Å². The molecule has 8 N–H and O–H groups in total. The van der Waals surface area contributed by atoms with Crippen LogP contribution >= 0.6 is 0 Å². The van der Waals surface area contributed by atoms with Crippen LogP contribution in [0, 0.1) is 22.5 Å². The molecule has 0 spiro atoms. The molecule has 0 aliphatic rings. The first-order valence-electron chi connectivity index (χ1n) is 22.2. The second kappa shape index (κ2) is 33.6. The summed E-state index contributed by atoms with van der Waals surface area (Å²) in [4.78, 5) is 36.2. The summed E-state index contributed by atoms with van der Waals surface area (Å²) in [5.41, 5.74) is 6.76. The molecule has 3 rings (SSSR count). The van der Waals surface area contributed by atoms with Gasteiger partial charge in [0.2, 0.25) is 6.54 Å². The van der Waals surface area contributed by atoms with Gasteiger partial charge < -0.3 is 69.9 Å². The van der Waals surface area contributed by atoms with Gasteiger partial charge in [-0.2, -0.15) is 6.54 Å². The van der Waals surface area contributed by atoms with E-state index in [1.54, 1.807) is 39.6 Å². The first-order valence-corrected chi connectivity index (χ1v) is 22.2. The number of fused-ring (bicyclic) bond motifs is 1. The molecule has 0 saturated carbocycles. The van der Waals surface area contributed by atoms with Crippen molar-refractivity contribution >= 4 is 57.8 Å². The van der Waals surface area contributed by atoms with Gasteiger partial charge in [0.05, 0.1) is 17.9 Å². The van der Waals surface area contributed by atoms with Crippen LogP contribution in [0.25, 0.3) is 21.0 Å². The summed E-state index contributed by atoms with van der Waals surface area (Å²) in [6.07, 6.45) is 7.28. The highest BCUT2D eigenvalue weighted by Gasteiger charge is 2.20. The lowest BCUT2D eigenvalue weighted by Gasteiger charge is -2.27. The number of aromatic nitrogens is 1. The number of rotatable bonds is 29. The van der Waals surface area contributed by atoms with E-state index in [4.69, 9.17) is 22.1 Å². The molecule has 0 amide bonds. The Balaban J connectivity index is 0.000000483. The Kier molecular flexibility index (Phi) is 30.5. The van der Waals surface area contributed by atoms with Crippen molar-refractivity contribution in [1.82, 2.24) is 24.2 Å². The van der Waals surface area contributed by atoms with Gasteiger partial charge in [-0.05, 0) is 141 Å². The summed E-state index contributed by atoms with van der Waals surface area (Å²) >= 11 is 0. The standard InChI is InChI=1S/C16H11FN2O4.C12H28B3N4O3.C12H31B2N3O2/c17-11-1-6-15-14(8-11)10(9-18-15)7-16(20)23-13-4-2-12(3-5-13)19(21)22;1-13(20)17-7-5-9-18(14(2)21)10-6-11-19(15(3)22)12-8-16-4;1-4-5-9-16(13(2)18)11-7-12-17(14(3)19)10-6-8-15/h1-6,8-9,18H,7H2;20-22H,5-12H2,1-3H3;18-19H,4-12,15H2,1-3H3/q;-1;. The van der Waals surface area contributed by atoms with Gasteiger partial charge in [-0.1, -0.05) is 26.6 Å². The number of carbonyl (C=O) groups is 1. The Hall–Kier alpha value is -3.85. The Morgan fingerprint density at radius 1 is 0.812 bits per heavy atom. The van der Waals surface area contributed by atoms with E-state index in [0.717, 1.165) is 70.2 Å². The molecule has 0 aliphatic heterocycles. The fourth-order valence-electron chi connectivity index (χ4n) is 6.54. The SMILES string of the molecule is CCCCN(CCCN(CCCN)B(C)O)B(C)O.O=C(Cc1c[nH]c2ccc(F)cc12)Oc1ccc([N+](=O)[O-])cc1.[C-]#[N+]CCN(CCCN(CCC[N-]B(C)O)B(C)O)B(C)O. The number of hydrogen-bond donors (Lipinski definition) is 7. The Bertz CT molecular complexity index is 1740. The summed E-state index contributed by atoms with van der Waals surface area (Å²) in [5.74, 6) is -0.710. The topological polar surface area (TPSA) is 244 Å². The number of ether oxygens (including phenoxy) is 1. The average Bonchev–Trinajstić information content (AvgIpc) is 3.63. The Morgan fingerprint density at radius 2 is 1.31 bits per heavy atom. The van der Waals surface area contributed by atoms with E-state index in [0.29, 0.717) is 56.8 Å². The van der Waals surface area contributed by atoms with E-state index in [2.05, 4.69) is 26.8 Å². The number of H-pyrrole nitrogens is 1. The summed E-state index contributed by atoms with van der Waals surface area (Å²) in [6.45, 7) is 25.4. The van der Waals surface area contributed by atoms with Crippen molar-refractivity contribution in [3.63, 3.8) is 0 Å². The van der Waals surface area contributed by atoms with Crippen LogP contribution in [0.15, 0.2) is 48.7 Å². The minimum atomic E-state index is -0.637. The van der Waals surface area contributed by atoms with Crippen LogP contribution in [0.5, 0.6) is 5.75 Å². The van der Waals surface area contributed by atoms with Crippen LogP contribution in [0.1, 0.15) is 51.0 Å². The number of nitrogens with two attached hydrogens (primary N) is 1. The van der Waals surface area contributed by atoms with Gasteiger partial charge in [0.25, 0.3) is 5.69 Å². The fraction of sp³-hybridized carbons (Fsp3) is 0.600. The smallest absolute Gasteiger partial charge is 0.376 e. The van der Waals surface area contributed by atoms with Gasteiger partial charge in [0.15, 0.2) is 7.05 Å². The third-order valence-electron chi connectivity index (χ3n) is 10.2. The van der Waals surface area contributed by atoms with Crippen molar-refractivity contribution in [2.45, 2.75) is 86.0 Å². The molecule has 64 heavy (non-hydrogen) atoms. The van der Waals surface area contributed by atoms with Gasteiger partial charge in [-0.15, -0.1) is 0 Å². The zero-order chi connectivity index (χ0) is 48.0. The summed E-state index contributed by atoms with van der Waals surface area (Å²) in [6, 6.07) is 9.48. The van der Waals surface area contributed by atoms with Crippen molar-refractivity contribution < 1.29 is 44.0 Å². The van der Waals surface area contributed by atoms with Gasteiger partial charge in [-0.3, -0.25) is 14.9 Å². The molecule has 0 fully saturated rings. The second-order valence-electron chi connectivity index (χ2n) is 15.6. The Morgan fingerprint density at radius 3 is 1.78 bits per heavy atom. The van der Waals surface area contributed by atoms with Crippen LogP contribution in [0.2, 0.25) is 34.1 Å². The molecule has 18 nitrogen and oxygen atoms in total. The zero-order valence-corrected chi connectivity index (χ0v) is 38.7. The quantitative estimate of drug-likeness (QED) is 0.0100. The predicted molar refractivity (Wildman–Crippen MR) is 258 cm³/mol. The fourth-order valence-corrected chi connectivity index (χ4v) is 6.54. The van der Waals surface area contributed by atoms with Crippen molar-refractivity contribution in [3.8, 4) is 5.75 Å². The van der Waals surface area contributed by atoms with Crippen LogP contribution < -0.4 is 10.5 Å². The normalized spacial score (nSPS) is 10.9. The molecule has 352 valence electrons. The van der Waals surface area contributed by atoms with E-state index in [-0.39, 0.29) is 23.7 Å². The molecular weight excluding hydrogens is 824 g/mol. The second-order valence-corrected chi connectivity index (χ2v) is 15.6. The lowest BCUT2D eigenvalue weighted by atomic mass is 9.83. The van der Waals surface area contributed by atoms with Gasteiger partial charge in [-0.25, -0.2) is 11.0 Å². The summed E-state index contributed by atoms with van der Waals surface area (Å²) in [5, 5.41) is 63.1. The van der Waals surface area contributed by atoms with E-state index in [1.165, 1.54) is 36.4 Å². The largest absolute Gasteiger partial charge is 0.661 e. The number of non-ortho nitro benzene ring substituents is 1. The number of nitro benzene ring substituents is 1. The lowest BCUT2D eigenvalue weighted by molar-refractivity contribution is -0.384. The van der Waals surface area contributed by atoms with E-state index >= 15 is 0 Å². The zero-order valence-electron chi connectivity index (χ0n) is 38.7. The number of nitro groups is 1. The Labute approximate surface area is 381 Å². The molecule has 3 aromatic rings. The number of esters is 1. The van der Waals surface area contributed by atoms with Crippen LogP contribution in [-0.2, 0) is 11.2 Å². The van der Waals surface area contributed by atoms with E-state index in [1.807, 2.05) is 21.3 Å². The van der Waals surface area contributed by atoms with Crippen LogP contribution in [0.3, 0.4) is 0 Å². The number of nitrogens with one attached hydrogen (secondary N) is 1. The molecule has 0 radical (unpaired) electrons. The maximum absolute atomic E-state index is 13.3. The average molecular weight is 894 g/mol. The molecule has 0 unspecified atom stereocenters. The first kappa shape index (κ1) is 58.2. The molecule has 1 heterocycles. The van der Waals surface area contributed by atoms with Crippen LogP contribution in [-0.4, -0.2) is 167 Å². The first-order chi connectivity index (χ1) is 30.4. The number of nitrogens with zero attached hydrogens (tertiary/aromatic N) is 7. The number of unbranched alkanes of at least 4 members (excludes halogenated alkanes) is 1. The number of carbonyl (C=O) groups excluding carboxylic acids is 1. The van der Waals surface area contributed by atoms with Crippen molar-refractivity contribution in [2.75, 3.05) is 72.0 Å². The van der Waals surface area contributed by atoms with Crippen molar-refractivity contribution in [2.24, 2.45) is 5.73 Å². The summed E-state index contributed by atoms with van der Waals surface area (Å²) < 4.78 is 18.4. The maximum Gasteiger partial charge on any atom is 0.376 e. The third-order valence-corrected chi connectivity index (χ3v) is 10.2. The molecule has 0 saturated heterocycles. The summed E-state index contributed by atoms with van der Waals surface area (Å²) in [7, 11) is -2.55. The molecule has 24 heteroatoms. The lowest BCUT2D eigenvalue weighted by Crippen LogP contribution is -2.43. The van der Waals surface area contributed by atoms with Crippen molar-refractivity contribution in [1.29, 1.82) is 0 Å². The maximum atomic E-state index is 13.3. The highest BCUT2D eigenvalue weighted by atomic mass is 19.1. The third kappa shape index (κ3) is 25.0. The molecular formula is C40H70B5FN9O9-. The van der Waals surface area contributed by atoms with Crippen LogP contribution in [0.4, 0.5) is 10.1 Å². The monoisotopic (exact) mass is 895 g/mol. The van der Waals surface area contributed by atoms with E-state index < -0.39 is 46.1 Å².